The lowest BCUT2D eigenvalue weighted by atomic mass is 9.79. The summed E-state index contributed by atoms with van der Waals surface area (Å²) >= 11 is 6.71. The molecule has 4 heterocycles. The Hall–Kier alpha value is -2.72. The third kappa shape index (κ3) is 5.13. The van der Waals surface area contributed by atoms with Crippen LogP contribution in [0.15, 0.2) is 22.7 Å². The monoisotopic (exact) mass is 552 g/mol. The first-order chi connectivity index (χ1) is 18.8. The van der Waals surface area contributed by atoms with Crippen LogP contribution in [0.4, 0.5) is 5.82 Å². The highest BCUT2D eigenvalue weighted by Crippen LogP contribution is 2.46. The van der Waals surface area contributed by atoms with E-state index in [1.54, 1.807) is 19.2 Å². The van der Waals surface area contributed by atoms with Crippen LogP contribution in [0.3, 0.4) is 0 Å². The second kappa shape index (κ2) is 10.4. The van der Waals surface area contributed by atoms with Gasteiger partial charge in [-0.1, -0.05) is 16.8 Å². The van der Waals surface area contributed by atoms with Crippen molar-refractivity contribution >= 4 is 17.4 Å². The third-order valence-corrected chi connectivity index (χ3v) is 8.66. The minimum absolute atomic E-state index is 0.167. The SMILES string of the molecule is CNCC(O)COc1ccc(Cl)c(-c2nc(-c3c(C)noc3C)c(C)c(N3CC4(CCN(C5CC5)C4)C3)n2)c1. The number of aryl methyl sites for hydroxylation is 2. The van der Waals surface area contributed by atoms with Crippen molar-refractivity contribution in [2.24, 2.45) is 5.41 Å². The van der Waals surface area contributed by atoms with Crippen LogP contribution in [0.5, 0.6) is 5.75 Å². The van der Waals surface area contributed by atoms with Crippen LogP contribution in [0.1, 0.15) is 36.3 Å². The second-order valence-electron chi connectivity index (χ2n) is 11.5. The molecule has 9 nitrogen and oxygen atoms in total. The molecule has 3 fully saturated rings. The van der Waals surface area contributed by atoms with Crippen molar-refractivity contribution in [3.63, 3.8) is 0 Å². The molecule has 1 saturated carbocycles. The fourth-order valence-corrected chi connectivity index (χ4v) is 6.34. The van der Waals surface area contributed by atoms with Crippen molar-refractivity contribution in [2.75, 3.05) is 51.3 Å². The molecule has 1 aromatic carbocycles. The molecule has 10 heteroatoms. The molecule has 0 amide bonds. The van der Waals surface area contributed by atoms with Gasteiger partial charge in [0.2, 0.25) is 0 Å². The summed E-state index contributed by atoms with van der Waals surface area (Å²) in [7, 11) is 1.79. The standard InChI is InChI=1S/C29H37ClN6O3/c1-17-26(25-18(2)34-39-19(25)3)32-27(23-11-22(7-8-24(23)30)38-13-21(37)12-31-4)33-28(17)36-15-29(16-36)9-10-35(14-29)20-5-6-20/h7-8,11,20-21,31,37H,5-6,9-10,12-16H2,1-4H3. The Morgan fingerprint density at radius 1 is 1.21 bits per heavy atom. The van der Waals surface area contributed by atoms with E-state index in [9.17, 15) is 5.11 Å². The van der Waals surface area contributed by atoms with Crippen LogP contribution < -0.4 is 15.0 Å². The lowest BCUT2D eigenvalue weighted by molar-refractivity contribution is 0.108. The Labute approximate surface area is 234 Å². The van der Waals surface area contributed by atoms with Crippen LogP contribution >= 0.6 is 11.6 Å². The third-order valence-electron chi connectivity index (χ3n) is 8.33. The highest BCUT2D eigenvalue weighted by molar-refractivity contribution is 6.33. The fourth-order valence-electron chi connectivity index (χ4n) is 6.14. The molecule has 2 aliphatic heterocycles. The number of rotatable bonds is 9. The number of nitrogens with zero attached hydrogens (tertiary/aromatic N) is 5. The molecule has 0 bridgehead atoms. The Morgan fingerprint density at radius 2 is 2.00 bits per heavy atom. The lowest BCUT2D eigenvalue weighted by Crippen LogP contribution is -2.58. The molecule has 6 rings (SSSR count). The van der Waals surface area contributed by atoms with Gasteiger partial charge in [0.15, 0.2) is 5.82 Å². The molecule has 208 valence electrons. The maximum atomic E-state index is 10.1. The number of hydrogen-bond acceptors (Lipinski definition) is 9. The van der Waals surface area contributed by atoms with Crippen molar-refractivity contribution in [3.05, 3.63) is 40.2 Å². The Balaban J connectivity index is 1.35. The van der Waals surface area contributed by atoms with Gasteiger partial charge in [0.05, 0.1) is 22.0 Å². The summed E-state index contributed by atoms with van der Waals surface area (Å²) in [5, 5.41) is 17.8. The molecule has 2 N–H and O–H groups in total. The summed E-state index contributed by atoms with van der Waals surface area (Å²) in [5.74, 6) is 2.79. The zero-order valence-electron chi connectivity index (χ0n) is 23.1. The highest BCUT2D eigenvalue weighted by Gasteiger charge is 2.51. The van der Waals surface area contributed by atoms with Crippen LogP contribution in [-0.4, -0.2) is 83.7 Å². The summed E-state index contributed by atoms with van der Waals surface area (Å²) in [6, 6.07) is 6.25. The minimum Gasteiger partial charge on any atom is -0.491 e. The summed E-state index contributed by atoms with van der Waals surface area (Å²) in [4.78, 5) is 15.2. The number of nitrogens with one attached hydrogen (secondary N) is 1. The maximum Gasteiger partial charge on any atom is 0.163 e. The smallest absolute Gasteiger partial charge is 0.163 e. The molecule has 39 heavy (non-hydrogen) atoms. The van der Waals surface area contributed by atoms with E-state index in [-0.39, 0.29) is 6.61 Å². The molecule has 3 aliphatic rings. The molecule has 2 saturated heterocycles. The van der Waals surface area contributed by atoms with Gasteiger partial charge in [-0.15, -0.1) is 0 Å². The molecule has 0 radical (unpaired) electrons. The molecule has 3 aromatic rings. The lowest BCUT2D eigenvalue weighted by Gasteiger charge is -2.49. The Morgan fingerprint density at radius 3 is 2.69 bits per heavy atom. The normalized spacial score (nSPS) is 19.5. The van der Waals surface area contributed by atoms with E-state index in [0.29, 0.717) is 34.1 Å². The number of ether oxygens (including phenoxy) is 1. The summed E-state index contributed by atoms with van der Waals surface area (Å²) in [6.07, 6.45) is 3.34. The van der Waals surface area contributed by atoms with E-state index < -0.39 is 6.10 Å². The topological polar surface area (TPSA) is 99.8 Å². The number of halogens is 1. The first-order valence-corrected chi connectivity index (χ1v) is 14.2. The fraction of sp³-hybridized carbons (Fsp3) is 0.552. The van der Waals surface area contributed by atoms with Gasteiger partial charge in [0, 0.05) is 48.8 Å². The summed E-state index contributed by atoms with van der Waals surface area (Å²) in [5.41, 5.74) is 4.55. The first-order valence-electron chi connectivity index (χ1n) is 13.8. The van der Waals surface area contributed by atoms with Gasteiger partial charge in [-0.05, 0) is 71.8 Å². The van der Waals surface area contributed by atoms with Crippen molar-refractivity contribution in [2.45, 2.75) is 52.2 Å². The van der Waals surface area contributed by atoms with Crippen LogP contribution in [0.2, 0.25) is 5.02 Å². The van der Waals surface area contributed by atoms with Gasteiger partial charge in [-0.2, -0.15) is 0 Å². The number of hydrogen-bond donors (Lipinski definition) is 2. The highest BCUT2D eigenvalue weighted by atomic mass is 35.5. The van der Waals surface area contributed by atoms with E-state index in [0.717, 1.165) is 53.2 Å². The van der Waals surface area contributed by atoms with Crippen LogP contribution in [0.25, 0.3) is 22.6 Å². The van der Waals surface area contributed by atoms with Gasteiger partial charge in [-0.25, -0.2) is 9.97 Å². The van der Waals surface area contributed by atoms with E-state index in [1.807, 2.05) is 19.9 Å². The number of likely N-dealkylation sites (tertiary alicyclic amines) is 1. The predicted octanol–water partition coefficient (Wildman–Crippen LogP) is 4.01. The van der Waals surface area contributed by atoms with E-state index in [4.69, 9.17) is 30.8 Å². The van der Waals surface area contributed by atoms with Gasteiger partial charge in [0.25, 0.3) is 0 Å². The number of benzene rings is 1. The van der Waals surface area contributed by atoms with Crippen molar-refractivity contribution in [3.8, 4) is 28.4 Å². The van der Waals surface area contributed by atoms with Crippen molar-refractivity contribution < 1.29 is 14.4 Å². The molecule has 2 aromatic heterocycles. The van der Waals surface area contributed by atoms with E-state index in [1.165, 1.54) is 32.4 Å². The zero-order valence-corrected chi connectivity index (χ0v) is 23.9. The van der Waals surface area contributed by atoms with Crippen LogP contribution in [-0.2, 0) is 0 Å². The van der Waals surface area contributed by atoms with Gasteiger partial charge in [-0.3, -0.25) is 4.90 Å². The van der Waals surface area contributed by atoms with Gasteiger partial charge in [0.1, 0.15) is 30.0 Å². The van der Waals surface area contributed by atoms with E-state index >= 15 is 0 Å². The number of likely N-dealkylation sites (N-methyl/N-ethyl adjacent to an activating group) is 1. The van der Waals surface area contributed by atoms with Gasteiger partial charge < -0.3 is 24.6 Å². The first kappa shape index (κ1) is 26.5. The number of aliphatic hydroxyl groups is 1. The molecule has 1 spiro atoms. The maximum absolute atomic E-state index is 10.1. The average Bonchev–Trinajstić information content (AvgIpc) is 3.56. The second-order valence-corrected chi connectivity index (χ2v) is 11.9. The summed E-state index contributed by atoms with van der Waals surface area (Å²) in [6.45, 7) is 10.9. The Kier molecular flexibility index (Phi) is 7.03. The van der Waals surface area contributed by atoms with Crippen molar-refractivity contribution in [1.82, 2.24) is 25.3 Å². The largest absolute Gasteiger partial charge is 0.491 e. The molecule has 1 unspecified atom stereocenters. The molecule has 1 atom stereocenters. The van der Waals surface area contributed by atoms with E-state index in [2.05, 4.69) is 27.2 Å². The molecule has 1 aliphatic carbocycles. The number of aromatic nitrogens is 3. The molecular weight excluding hydrogens is 516 g/mol. The molecular formula is C29H37ClN6O3. The zero-order chi connectivity index (χ0) is 27.3. The van der Waals surface area contributed by atoms with Crippen molar-refractivity contribution in [1.29, 1.82) is 0 Å². The van der Waals surface area contributed by atoms with Crippen LogP contribution in [0, 0.1) is 26.2 Å². The Bertz CT molecular complexity index is 1350. The predicted molar refractivity (Wildman–Crippen MR) is 151 cm³/mol. The number of aliphatic hydroxyl groups excluding tert-OH is 1. The number of anilines is 1. The quantitative estimate of drug-likeness (QED) is 0.408. The average molecular weight is 553 g/mol. The minimum atomic E-state index is -0.618. The summed E-state index contributed by atoms with van der Waals surface area (Å²) < 4.78 is 11.4. The van der Waals surface area contributed by atoms with Gasteiger partial charge >= 0.3 is 0 Å².